The van der Waals surface area contributed by atoms with Crippen molar-refractivity contribution < 1.29 is 14.3 Å². The Bertz CT molecular complexity index is 987. The van der Waals surface area contributed by atoms with Gasteiger partial charge in [-0.05, 0) is 36.2 Å². The van der Waals surface area contributed by atoms with E-state index in [4.69, 9.17) is 4.74 Å². The van der Waals surface area contributed by atoms with E-state index in [1.165, 1.54) is 11.8 Å². The number of nitrogens with one attached hydrogen (secondary N) is 1. The van der Waals surface area contributed by atoms with Crippen molar-refractivity contribution in [3.63, 3.8) is 0 Å². The maximum atomic E-state index is 12.3. The van der Waals surface area contributed by atoms with E-state index in [1.807, 2.05) is 48.9 Å². The lowest BCUT2D eigenvalue weighted by Gasteiger charge is -2.07. The summed E-state index contributed by atoms with van der Waals surface area (Å²) in [6.07, 6.45) is 1.46. The number of ether oxygens (including phenoxy) is 1. The molecule has 3 aromatic rings. The molecule has 0 aliphatic carbocycles. The van der Waals surface area contributed by atoms with Crippen LogP contribution < -0.4 is 5.32 Å². The van der Waals surface area contributed by atoms with E-state index >= 15 is 0 Å². The number of esters is 1. The number of benzene rings is 2. The molecule has 0 radical (unpaired) electrons. The second-order valence-electron chi connectivity index (χ2n) is 6.67. The van der Waals surface area contributed by atoms with Crippen LogP contribution in [-0.2, 0) is 23.0 Å². The number of amides is 1. The van der Waals surface area contributed by atoms with Crippen molar-refractivity contribution in [2.75, 3.05) is 17.7 Å². The molecule has 0 bridgehead atoms. The SMILES string of the molecule is CCCOC(=O)c1ccc(NC(=O)CSc2nnc(Cc3ccccc3)n2C)cc1. The number of anilines is 1. The Kier molecular flexibility index (Phi) is 7.62. The average Bonchev–Trinajstić information content (AvgIpc) is 3.11. The number of hydrogen-bond acceptors (Lipinski definition) is 6. The Morgan fingerprint density at radius 2 is 1.80 bits per heavy atom. The quantitative estimate of drug-likeness (QED) is 0.416. The lowest BCUT2D eigenvalue weighted by Crippen LogP contribution is -2.15. The Balaban J connectivity index is 1.51. The third-order valence-electron chi connectivity index (χ3n) is 4.30. The number of aromatic nitrogens is 3. The normalized spacial score (nSPS) is 10.6. The molecule has 0 aliphatic heterocycles. The molecule has 0 fully saturated rings. The molecular formula is C22H24N4O3S. The molecule has 0 atom stereocenters. The summed E-state index contributed by atoms with van der Waals surface area (Å²) in [6, 6.07) is 16.7. The molecule has 7 nitrogen and oxygen atoms in total. The van der Waals surface area contributed by atoms with Crippen molar-refractivity contribution >= 4 is 29.3 Å². The maximum absolute atomic E-state index is 12.3. The second-order valence-corrected chi connectivity index (χ2v) is 7.61. The summed E-state index contributed by atoms with van der Waals surface area (Å²) in [5.74, 6) is 0.528. The van der Waals surface area contributed by atoms with Crippen LogP contribution in [0.5, 0.6) is 0 Å². The molecule has 1 heterocycles. The van der Waals surface area contributed by atoms with E-state index in [2.05, 4.69) is 15.5 Å². The molecule has 1 amide bonds. The number of carbonyl (C=O) groups excluding carboxylic acids is 2. The summed E-state index contributed by atoms with van der Waals surface area (Å²) >= 11 is 1.33. The predicted molar refractivity (Wildman–Crippen MR) is 117 cm³/mol. The van der Waals surface area contributed by atoms with Gasteiger partial charge in [0.25, 0.3) is 0 Å². The molecule has 0 saturated carbocycles. The van der Waals surface area contributed by atoms with Crippen LogP contribution in [-0.4, -0.2) is 39.0 Å². The van der Waals surface area contributed by atoms with Crippen molar-refractivity contribution in [3.05, 3.63) is 71.5 Å². The van der Waals surface area contributed by atoms with Crippen molar-refractivity contribution in [1.82, 2.24) is 14.8 Å². The zero-order valence-electron chi connectivity index (χ0n) is 17.0. The first-order valence-corrected chi connectivity index (χ1v) is 10.7. The molecule has 1 N–H and O–H groups in total. The van der Waals surface area contributed by atoms with Gasteiger partial charge in [0.05, 0.1) is 17.9 Å². The minimum Gasteiger partial charge on any atom is -0.462 e. The van der Waals surface area contributed by atoms with E-state index in [0.717, 1.165) is 17.8 Å². The fourth-order valence-electron chi connectivity index (χ4n) is 2.70. The largest absolute Gasteiger partial charge is 0.462 e. The zero-order chi connectivity index (χ0) is 21.3. The van der Waals surface area contributed by atoms with Gasteiger partial charge >= 0.3 is 5.97 Å². The van der Waals surface area contributed by atoms with E-state index in [9.17, 15) is 9.59 Å². The fourth-order valence-corrected chi connectivity index (χ4v) is 3.43. The Hall–Kier alpha value is -3.13. The topological polar surface area (TPSA) is 86.1 Å². The Morgan fingerprint density at radius 1 is 1.07 bits per heavy atom. The molecule has 0 aliphatic rings. The molecule has 0 unspecified atom stereocenters. The summed E-state index contributed by atoms with van der Waals surface area (Å²) in [6.45, 7) is 2.33. The van der Waals surface area contributed by atoms with Crippen molar-refractivity contribution in [2.45, 2.75) is 24.9 Å². The predicted octanol–water partition coefficient (Wildman–Crippen LogP) is 3.70. The van der Waals surface area contributed by atoms with Gasteiger partial charge < -0.3 is 14.6 Å². The van der Waals surface area contributed by atoms with Crippen LogP contribution >= 0.6 is 11.8 Å². The first kappa shape index (κ1) is 21.6. The van der Waals surface area contributed by atoms with E-state index in [0.29, 0.717) is 29.4 Å². The molecule has 0 saturated heterocycles. The van der Waals surface area contributed by atoms with Crippen LogP contribution in [0.4, 0.5) is 5.69 Å². The summed E-state index contributed by atoms with van der Waals surface area (Å²) in [5.41, 5.74) is 2.24. The lowest BCUT2D eigenvalue weighted by atomic mass is 10.1. The van der Waals surface area contributed by atoms with Crippen molar-refractivity contribution in [1.29, 1.82) is 0 Å². The van der Waals surface area contributed by atoms with Crippen LogP contribution in [0.3, 0.4) is 0 Å². The summed E-state index contributed by atoms with van der Waals surface area (Å²) in [5, 5.41) is 11.9. The highest BCUT2D eigenvalue weighted by molar-refractivity contribution is 7.99. The number of carbonyl (C=O) groups is 2. The van der Waals surface area contributed by atoms with Gasteiger partial charge in [0.2, 0.25) is 5.91 Å². The molecule has 3 rings (SSSR count). The standard InChI is InChI=1S/C22H24N4O3S/c1-3-13-29-21(28)17-9-11-18(12-10-17)23-20(27)15-30-22-25-24-19(26(22)2)14-16-7-5-4-6-8-16/h4-12H,3,13-15H2,1-2H3,(H,23,27). The average molecular weight is 425 g/mol. The third-order valence-corrected chi connectivity index (χ3v) is 5.32. The van der Waals surface area contributed by atoms with Crippen LogP contribution in [0.15, 0.2) is 59.8 Å². The van der Waals surface area contributed by atoms with E-state index < -0.39 is 0 Å². The first-order valence-electron chi connectivity index (χ1n) is 9.69. The number of nitrogens with zero attached hydrogens (tertiary/aromatic N) is 3. The number of rotatable bonds is 9. The molecule has 2 aromatic carbocycles. The molecule has 1 aromatic heterocycles. The highest BCUT2D eigenvalue weighted by atomic mass is 32.2. The van der Waals surface area contributed by atoms with Gasteiger partial charge in [0, 0.05) is 19.2 Å². The highest BCUT2D eigenvalue weighted by Gasteiger charge is 2.12. The Morgan fingerprint density at radius 3 is 2.50 bits per heavy atom. The van der Waals surface area contributed by atoms with Gasteiger partial charge in [-0.15, -0.1) is 10.2 Å². The van der Waals surface area contributed by atoms with Crippen molar-refractivity contribution in [2.24, 2.45) is 7.05 Å². The summed E-state index contributed by atoms with van der Waals surface area (Å²) < 4.78 is 7.00. The molecule has 8 heteroatoms. The highest BCUT2D eigenvalue weighted by Crippen LogP contribution is 2.18. The van der Waals surface area contributed by atoms with Crippen LogP contribution in [0.25, 0.3) is 0 Å². The smallest absolute Gasteiger partial charge is 0.338 e. The lowest BCUT2D eigenvalue weighted by molar-refractivity contribution is -0.113. The summed E-state index contributed by atoms with van der Waals surface area (Å²) in [7, 11) is 1.90. The Labute approximate surface area is 179 Å². The number of hydrogen-bond donors (Lipinski definition) is 1. The number of thioether (sulfide) groups is 1. The third kappa shape index (κ3) is 5.93. The monoisotopic (exact) mass is 424 g/mol. The minimum absolute atomic E-state index is 0.158. The van der Waals surface area contributed by atoms with Crippen LogP contribution in [0.2, 0.25) is 0 Å². The van der Waals surface area contributed by atoms with Gasteiger partial charge in [-0.2, -0.15) is 0 Å². The van der Waals surface area contributed by atoms with Crippen LogP contribution in [0.1, 0.15) is 35.1 Å². The van der Waals surface area contributed by atoms with Gasteiger partial charge in [0.1, 0.15) is 5.82 Å². The molecular weight excluding hydrogens is 400 g/mol. The minimum atomic E-state index is -0.362. The van der Waals surface area contributed by atoms with Gasteiger partial charge in [-0.1, -0.05) is 49.0 Å². The van der Waals surface area contributed by atoms with Crippen LogP contribution in [0, 0.1) is 0 Å². The van der Waals surface area contributed by atoms with Crippen molar-refractivity contribution in [3.8, 4) is 0 Å². The van der Waals surface area contributed by atoms with E-state index in [-0.39, 0.29) is 17.6 Å². The summed E-state index contributed by atoms with van der Waals surface area (Å²) in [4.78, 5) is 24.1. The molecule has 156 valence electrons. The second kappa shape index (κ2) is 10.6. The molecule has 0 spiro atoms. The molecule has 30 heavy (non-hydrogen) atoms. The first-order chi connectivity index (χ1) is 14.6. The van der Waals surface area contributed by atoms with Gasteiger partial charge in [-0.25, -0.2) is 4.79 Å². The fraction of sp³-hybridized carbons (Fsp3) is 0.273. The van der Waals surface area contributed by atoms with E-state index in [1.54, 1.807) is 24.3 Å². The van der Waals surface area contributed by atoms with Gasteiger partial charge in [0.15, 0.2) is 5.16 Å². The van der Waals surface area contributed by atoms with Gasteiger partial charge in [-0.3, -0.25) is 4.79 Å². The maximum Gasteiger partial charge on any atom is 0.338 e. The zero-order valence-corrected chi connectivity index (χ0v) is 17.8.